The lowest BCUT2D eigenvalue weighted by Crippen LogP contribution is -2.37. The van der Waals surface area contributed by atoms with Crippen LogP contribution in [0.25, 0.3) is 0 Å². The highest BCUT2D eigenvalue weighted by Crippen LogP contribution is 2.26. The van der Waals surface area contributed by atoms with E-state index in [0.717, 1.165) is 12.8 Å². The number of benzene rings is 1. The fourth-order valence-electron chi connectivity index (χ4n) is 2.12. The molecule has 0 fully saturated rings. The molecule has 0 saturated carbocycles. The lowest BCUT2D eigenvalue weighted by molar-refractivity contribution is -0.0505. The third-order valence-electron chi connectivity index (χ3n) is 3.36. The van der Waals surface area contributed by atoms with E-state index in [1.807, 2.05) is 13.8 Å². The van der Waals surface area contributed by atoms with E-state index in [1.54, 1.807) is 19.2 Å². The molecule has 0 radical (unpaired) electrons. The van der Waals surface area contributed by atoms with Gasteiger partial charge in [0.1, 0.15) is 11.5 Å². The van der Waals surface area contributed by atoms with E-state index < -0.39 is 6.61 Å². The summed E-state index contributed by atoms with van der Waals surface area (Å²) in [7, 11) is 1.65. The number of halogens is 2. The number of guanidine groups is 1. The van der Waals surface area contributed by atoms with Crippen LogP contribution in [0.2, 0.25) is 0 Å². The molecule has 0 aliphatic heterocycles. The molecule has 0 aliphatic rings. The number of rotatable bonds is 12. The standard InChI is InChI=1S/C18H29F2N3O3/c1-4-10-25-15-8-7-14(16(12-15)26-17(19)20)13-23-18(21-3)22-9-6-11-24-5-2/h7-8,12,17H,4-6,9-11,13H2,1-3H3,(H2,21,22,23). The van der Waals surface area contributed by atoms with Crippen molar-refractivity contribution in [3.05, 3.63) is 23.8 Å². The van der Waals surface area contributed by atoms with Crippen molar-refractivity contribution in [3.8, 4) is 11.5 Å². The maximum absolute atomic E-state index is 12.7. The number of alkyl halides is 2. The highest BCUT2D eigenvalue weighted by atomic mass is 19.3. The zero-order valence-electron chi connectivity index (χ0n) is 15.7. The molecule has 0 aromatic heterocycles. The Kier molecular flexibility index (Phi) is 11.1. The molecule has 26 heavy (non-hydrogen) atoms. The van der Waals surface area contributed by atoms with Gasteiger partial charge in [0, 0.05) is 45.0 Å². The van der Waals surface area contributed by atoms with Crippen LogP contribution in [-0.4, -0.2) is 46.0 Å². The zero-order valence-corrected chi connectivity index (χ0v) is 15.7. The molecule has 0 aliphatic carbocycles. The molecule has 148 valence electrons. The lowest BCUT2D eigenvalue weighted by Gasteiger charge is -2.16. The summed E-state index contributed by atoms with van der Waals surface area (Å²) in [5, 5.41) is 6.23. The molecule has 1 rings (SSSR count). The van der Waals surface area contributed by atoms with Crippen molar-refractivity contribution in [3.63, 3.8) is 0 Å². The molecule has 0 spiro atoms. The molecule has 2 N–H and O–H groups in total. The van der Waals surface area contributed by atoms with Gasteiger partial charge in [-0.05, 0) is 31.9 Å². The fraction of sp³-hybridized carbons (Fsp3) is 0.611. The Balaban J connectivity index is 2.62. The number of hydrogen-bond donors (Lipinski definition) is 2. The van der Waals surface area contributed by atoms with Crippen LogP contribution in [0, 0.1) is 0 Å². The summed E-state index contributed by atoms with van der Waals surface area (Å²) in [6.45, 7) is 3.90. The molecular weight excluding hydrogens is 344 g/mol. The van der Waals surface area contributed by atoms with Gasteiger partial charge in [0.05, 0.1) is 6.61 Å². The van der Waals surface area contributed by atoms with Gasteiger partial charge in [0.2, 0.25) is 0 Å². The summed E-state index contributed by atoms with van der Waals surface area (Å²) in [5.74, 6) is 1.17. The second-order valence-corrected chi connectivity index (χ2v) is 5.40. The van der Waals surface area contributed by atoms with E-state index in [0.29, 0.717) is 50.2 Å². The van der Waals surface area contributed by atoms with Crippen molar-refractivity contribution in [2.75, 3.05) is 33.4 Å². The van der Waals surface area contributed by atoms with Crippen LogP contribution in [0.5, 0.6) is 11.5 Å². The molecule has 8 heteroatoms. The van der Waals surface area contributed by atoms with Crippen LogP contribution in [0.15, 0.2) is 23.2 Å². The minimum Gasteiger partial charge on any atom is -0.493 e. The fourth-order valence-corrected chi connectivity index (χ4v) is 2.12. The third-order valence-corrected chi connectivity index (χ3v) is 3.36. The summed E-state index contributed by atoms with van der Waals surface area (Å²) in [4.78, 5) is 4.11. The van der Waals surface area contributed by atoms with E-state index in [-0.39, 0.29) is 5.75 Å². The van der Waals surface area contributed by atoms with Crippen molar-refractivity contribution in [2.24, 2.45) is 4.99 Å². The first-order valence-corrected chi connectivity index (χ1v) is 8.83. The SMILES string of the molecule is CCCOc1ccc(CNC(=NC)NCCCOCC)c(OC(F)F)c1. The molecule has 0 unspecified atom stereocenters. The average Bonchev–Trinajstić information content (AvgIpc) is 2.63. The normalized spacial score (nSPS) is 11.5. The van der Waals surface area contributed by atoms with Gasteiger partial charge < -0.3 is 24.8 Å². The van der Waals surface area contributed by atoms with E-state index in [2.05, 4.69) is 20.4 Å². The smallest absolute Gasteiger partial charge is 0.387 e. The average molecular weight is 373 g/mol. The molecule has 0 heterocycles. The van der Waals surface area contributed by atoms with Gasteiger partial charge in [-0.25, -0.2) is 0 Å². The van der Waals surface area contributed by atoms with E-state index in [9.17, 15) is 8.78 Å². The van der Waals surface area contributed by atoms with Gasteiger partial charge in [0.25, 0.3) is 0 Å². The first-order valence-electron chi connectivity index (χ1n) is 8.83. The third kappa shape index (κ3) is 8.84. The summed E-state index contributed by atoms with van der Waals surface area (Å²) >= 11 is 0. The van der Waals surface area contributed by atoms with Gasteiger partial charge in [0.15, 0.2) is 5.96 Å². The van der Waals surface area contributed by atoms with Gasteiger partial charge in [-0.2, -0.15) is 8.78 Å². The first-order chi connectivity index (χ1) is 12.6. The van der Waals surface area contributed by atoms with Crippen molar-refractivity contribution in [1.29, 1.82) is 0 Å². The largest absolute Gasteiger partial charge is 0.493 e. The molecule has 0 amide bonds. The van der Waals surface area contributed by atoms with Crippen LogP contribution in [0.3, 0.4) is 0 Å². The van der Waals surface area contributed by atoms with Crippen LogP contribution >= 0.6 is 0 Å². The predicted molar refractivity (Wildman–Crippen MR) is 98.2 cm³/mol. The van der Waals surface area contributed by atoms with Crippen molar-refractivity contribution in [2.45, 2.75) is 39.8 Å². The van der Waals surface area contributed by atoms with Crippen molar-refractivity contribution < 1.29 is 23.0 Å². The number of ether oxygens (including phenoxy) is 3. The number of aliphatic imine (C=N–C) groups is 1. The van der Waals surface area contributed by atoms with Crippen LogP contribution in [0.1, 0.15) is 32.3 Å². The minimum absolute atomic E-state index is 0.0906. The quantitative estimate of drug-likeness (QED) is 0.335. The Morgan fingerprint density at radius 1 is 1.19 bits per heavy atom. The molecule has 0 saturated heterocycles. The lowest BCUT2D eigenvalue weighted by atomic mass is 10.2. The van der Waals surface area contributed by atoms with Gasteiger partial charge in [-0.3, -0.25) is 4.99 Å². The summed E-state index contributed by atoms with van der Waals surface area (Å²) in [6, 6.07) is 4.93. The number of hydrogen-bond acceptors (Lipinski definition) is 4. The molecule has 1 aromatic carbocycles. The predicted octanol–water partition coefficient (Wildman–Crippen LogP) is 3.17. The van der Waals surface area contributed by atoms with Crippen molar-refractivity contribution in [1.82, 2.24) is 10.6 Å². The van der Waals surface area contributed by atoms with Gasteiger partial charge >= 0.3 is 6.61 Å². The summed E-state index contributed by atoms with van der Waals surface area (Å²) in [6.07, 6.45) is 1.68. The van der Waals surface area contributed by atoms with Gasteiger partial charge in [-0.1, -0.05) is 6.92 Å². The Bertz CT molecular complexity index is 542. The van der Waals surface area contributed by atoms with Crippen LogP contribution in [0.4, 0.5) is 8.78 Å². The first kappa shape index (κ1) is 22.0. The number of nitrogens with one attached hydrogen (secondary N) is 2. The molecular formula is C18H29F2N3O3. The highest BCUT2D eigenvalue weighted by Gasteiger charge is 2.12. The second-order valence-electron chi connectivity index (χ2n) is 5.40. The maximum Gasteiger partial charge on any atom is 0.387 e. The van der Waals surface area contributed by atoms with Gasteiger partial charge in [-0.15, -0.1) is 0 Å². The Morgan fingerprint density at radius 2 is 2.00 bits per heavy atom. The molecule has 1 aromatic rings. The minimum atomic E-state index is -2.90. The van der Waals surface area contributed by atoms with Crippen molar-refractivity contribution >= 4 is 5.96 Å². The Morgan fingerprint density at radius 3 is 2.65 bits per heavy atom. The molecule has 0 bridgehead atoms. The van der Waals surface area contributed by atoms with Crippen LogP contribution < -0.4 is 20.1 Å². The van der Waals surface area contributed by atoms with E-state index >= 15 is 0 Å². The molecule has 6 nitrogen and oxygen atoms in total. The maximum atomic E-state index is 12.7. The highest BCUT2D eigenvalue weighted by molar-refractivity contribution is 5.79. The summed E-state index contributed by atoms with van der Waals surface area (Å²) < 4.78 is 40.7. The van der Waals surface area contributed by atoms with E-state index in [1.165, 1.54) is 6.07 Å². The summed E-state index contributed by atoms with van der Waals surface area (Å²) in [5.41, 5.74) is 0.589. The van der Waals surface area contributed by atoms with E-state index in [4.69, 9.17) is 9.47 Å². The Labute approximate surface area is 153 Å². The monoisotopic (exact) mass is 373 g/mol. The zero-order chi connectivity index (χ0) is 19.2. The number of nitrogens with zero attached hydrogens (tertiary/aromatic N) is 1. The molecule has 0 atom stereocenters. The topological polar surface area (TPSA) is 64.1 Å². The van der Waals surface area contributed by atoms with Crippen LogP contribution in [-0.2, 0) is 11.3 Å². The second kappa shape index (κ2) is 13.2. The Hall–Kier alpha value is -2.09.